The molecule has 6 nitrogen and oxygen atoms in total. The van der Waals surface area contributed by atoms with E-state index in [1.807, 2.05) is 6.92 Å². The number of H-pyrrole nitrogens is 1. The van der Waals surface area contributed by atoms with Crippen molar-refractivity contribution in [3.8, 4) is 0 Å². The Labute approximate surface area is 113 Å². The van der Waals surface area contributed by atoms with E-state index in [1.165, 1.54) is 6.20 Å². The van der Waals surface area contributed by atoms with E-state index >= 15 is 0 Å². The number of aromatic nitrogens is 2. The average molecular weight is 295 g/mol. The quantitative estimate of drug-likeness (QED) is 0.738. The maximum absolute atomic E-state index is 12.2. The van der Waals surface area contributed by atoms with Gasteiger partial charge in [0.2, 0.25) is 10.0 Å². The molecular weight excluding hydrogens is 276 g/mol. The third kappa shape index (κ3) is 2.85. The van der Waals surface area contributed by atoms with E-state index in [9.17, 15) is 8.42 Å². The van der Waals surface area contributed by atoms with Gasteiger partial charge >= 0.3 is 0 Å². The normalized spacial score (nSPS) is 19.1. The smallest absolute Gasteiger partial charge is 0.244 e. The Bertz CT molecular complexity index is 512. The van der Waals surface area contributed by atoms with E-state index in [0.29, 0.717) is 18.2 Å². The molecule has 1 fully saturated rings. The van der Waals surface area contributed by atoms with E-state index in [2.05, 4.69) is 14.9 Å². The zero-order chi connectivity index (χ0) is 12.7. The Morgan fingerprint density at radius 2 is 2.22 bits per heavy atom. The van der Waals surface area contributed by atoms with Crippen molar-refractivity contribution < 1.29 is 8.42 Å². The van der Waals surface area contributed by atoms with Gasteiger partial charge in [-0.05, 0) is 32.6 Å². The first-order chi connectivity index (χ1) is 7.89. The van der Waals surface area contributed by atoms with E-state index in [1.54, 1.807) is 6.92 Å². The van der Waals surface area contributed by atoms with Gasteiger partial charge in [0.05, 0.1) is 11.9 Å². The number of sulfonamides is 1. The summed E-state index contributed by atoms with van der Waals surface area (Å²) in [6.45, 7) is 3.84. The van der Waals surface area contributed by atoms with Crippen LogP contribution in [0.15, 0.2) is 11.1 Å². The third-order valence-electron chi connectivity index (χ3n) is 3.34. The van der Waals surface area contributed by atoms with Crippen LogP contribution in [0.4, 0.5) is 0 Å². The van der Waals surface area contributed by atoms with Gasteiger partial charge in [0.15, 0.2) is 0 Å². The van der Waals surface area contributed by atoms with Crippen molar-refractivity contribution in [1.82, 2.24) is 14.9 Å². The molecule has 2 rings (SSSR count). The van der Waals surface area contributed by atoms with Crippen molar-refractivity contribution >= 4 is 22.4 Å². The van der Waals surface area contributed by atoms with Crippen LogP contribution in [0.2, 0.25) is 0 Å². The van der Waals surface area contributed by atoms with Gasteiger partial charge in [-0.1, -0.05) is 0 Å². The lowest BCUT2D eigenvalue weighted by molar-refractivity contribution is 0.374. The molecule has 1 aromatic heterocycles. The highest BCUT2D eigenvalue weighted by Gasteiger charge is 2.43. The lowest BCUT2D eigenvalue weighted by Crippen LogP contribution is -2.53. The first-order valence-electron chi connectivity index (χ1n) is 5.63. The summed E-state index contributed by atoms with van der Waals surface area (Å²) in [5.74, 6) is 0.342. The van der Waals surface area contributed by atoms with E-state index in [-0.39, 0.29) is 17.3 Å². The van der Waals surface area contributed by atoms with Crippen LogP contribution < -0.4 is 10.5 Å². The number of nitrogens with one attached hydrogen (secondary N) is 2. The minimum atomic E-state index is -3.55. The topological polar surface area (TPSA) is 101 Å². The van der Waals surface area contributed by atoms with Gasteiger partial charge in [-0.15, -0.1) is 12.4 Å². The second-order valence-corrected chi connectivity index (χ2v) is 6.51. The molecule has 4 N–H and O–H groups in total. The summed E-state index contributed by atoms with van der Waals surface area (Å²) in [6, 6.07) is 0. The molecule has 1 aliphatic carbocycles. The molecule has 104 valence electrons. The lowest BCUT2D eigenvalue weighted by atomic mass is 9.98. The molecular formula is C10H19ClN4O2S. The number of halogens is 1. The summed E-state index contributed by atoms with van der Waals surface area (Å²) in [5, 5.41) is 6.35. The van der Waals surface area contributed by atoms with Gasteiger partial charge in [-0.3, -0.25) is 5.10 Å². The van der Waals surface area contributed by atoms with Crippen LogP contribution in [-0.2, 0) is 10.0 Å². The van der Waals surface area contributed by atoms with Crippen LogP contribution in [-0.4, -0.2) is 30.7 Å². The number of aromatic amines is 1. The van der Waals surface area contributed by atoms with Crippen LogP contribution in [0.1, 0.15) is 25.5 Å². The third-order valence-corrected chi connectivity index (χ3v) is 5.07. The second kappa shape index (κ2) is 5.16. The predicted molar refractivity (Wildman–Crippen MR) is 71.1 cm³/mol. The molecule has 0 bridgehead atoms. The fourth-order valence-corrected chi connectivity index (χ4v) is 3.60. The molecule has 0 spiro atoms. The highest BCUT2D eigenvalue weighted by molar-refractivity contribution is 7.89. The van der Waals surface area contributed by atoms with E-state index in [4.69, 9.17) is 5.73 Å². The molecule has 1 saturated carbocycles. The Kier molecular flexibility index (Phi) is 4.42. The number of nitrogens with zero attached hydrogens (tertiary/aromatic N) is 1. The van der Waals surface area contributed by atoms with Crippen LogP contribution in [0.3, 0.4) is 0 Å². The SMILES string of the molecule is Cc1[nH]ncc1S(=O)(=O)NC(C)(CN)C1CC1.Cl. The van der Waals surface area contributed by atoms with Crippen molar-refractivity contribution in [2.24, 2.45) is 11.7 Å². The monoisotopic (exact) mass is 294 g/mol. The largest absolute Gasteiger partial charge is 0.329 e. The number of hydrogen-bond acceptors (Lipinski definition) is 4. The highest BCUT2D eigenvalue weighted by Crippen LogP contribution is 2.39. The van der Waals surface area contributed by atoms with Crippen molar-refractivity contribution in [3.63, 3.8) is 0 Å². The van der Waals surface area contributed by atoms with Crippen molar-refractivity contribution in [2.75, 3.05) is 6.54 Å². The van der Waals surface area contributed by atoms with Crippen molar-refractivity contribution in [1.29, 1.82) is 0 Å². The van der Waals surface area contributed by atoms with Gasteiger partial charge in [0.25, 0.3) is 0 Å². The number of rotatable bonds is 5. The van der Waals surface area contributed by atoms with E-state index in [0.717, 1.165) is 12.8 Å². The summed E-state index contributed by atoms with van der Waals surface area (Å²) in [7, 11) is -3.55. The molecule has 18 heavy (non-hydrogen) atoms. The second-order valence-electron chi connectivity index (χ2n) is 4.86. The Morgan fingerprint density at radius 3 is 2.61 bits per heavy atom. The fraction of sp³-hybridized carbons (Fsp3) is 0.700. The van der Waals surface area contributed by atoms with Crippen molar-refractivity contribution in [2.45, 2.75) is 37.1 Å². The molecule has 1 heterocycles. The molecule has 0 saturated heterocycles. The van der Waals surface area contributed by atoms with Gasteiger partial charge < -0.3 is 5.73 Å². The molecule has 0 aromatic carbocycles. The Hall–Kier alpha value is -0.630. The number of hydrogen-bond donors (Lipinski definition) is 3. The molecule has 0 radical (unpaired) electrons. The van der Waals surface area contributed by atoms with E-state index < -0.39 is 15.6 Å². The van der Waals surface area contributed by atoms with Gasteiger partial charge in [-0.25, -0.2) is 13.1 Å². The first-order valence-corrected chi connectivity index (χ1v) is 7.11. The number of aryl methyl sites for hydroxylation is 1. The molecule has 1 unspecified atom stereocenters. The number of nitrogens with two attached hydrogens (primary N) is 1. The zero-order valence-corrected chi connectivity index (χ0v) is 12.1. The molecule has 1 atom stereocenters. The minimum absolute atomic E-state index is 0. The van der Waals surface area contributed by atoms with Crippen LogP contribution in [0.5, 0.6) is 0 Å². The standard InChI is InChI=1S/C10H18N4O2S.ClH/c1-7-9(5-12-13-7)17(15,16)14-10(2,6-11)8-3-4-8;/h5,8,14H,3-4,6,11H2,1-2H3,(H,12,13);1H. The average Bonchev–Trinajstić information content (AvgIpc) is 3.01. The summed E-state index contributed by atoms with van der Waals surface area (Å²) in [6.07, 6.45) is 3.38. The zero-order valence-electron chi connectivity index (χ0n) is 10.4. The summed E-state index contributed by atoms with van der Waals surface area (Å²) >= 11 is 0. The summed E-state index contributed by atoms with van der Waals surface area (Å²) in [5.41, 5.74) is 5.68. The first kappa shape index (κ1) is 15.4. The summed E-state index contributed by atoms with van der Waals surface area (Å²) < 4.78 is 27.1. The fourth-order valence-electron chi connectivity index (χ4n) is 1.98. The molecule has 8 heteroatoms. The Morgan fingerprint density at radius 1 is 1.61 bits per heavy atom. The lowest BCUT2D eigenvalue weighted by Gasteiger charge is -2.28. The summed E-state index contributed by atoms with van der Waals surface area (Å²) in [4.78, 5) is 0.192. The van der Waals surface area contributed by atoms with Gasteiger partial charge in [0.1, 0.15) is 4.90 Å². The maximum Gasteiger partial charge on any atom is 0.244 e. The molecule has 0 aliphatic heterocycles. The predicted octanol–water partition coefficient (Wildman–Crippen LogP) is 0.546. The van der Waals surface area contributed by atoms with Gasteiger partial charge in [-0.2, -0.15) is 5.10 Å². The molecule has 0 amide bonds. The molecule has 1 aromatic rings. The van der Waals surface area contributed by atoms with Crippen LogP contribution in [0, 0.1) is 12.8 Å². The van der Waals surface area contributed by atoms with Crippen LogP contribution >= 0.6 is 12.4 Å². The van der Waals surface area contributed by atoms with Crippen LogP contribution in [0.25, 0.3) is 0 Å². The minimum Gasteiger partial charge on any atom is -0.329 e. The van der Waals surface area contributed by atoms with Gasteiger partial charge in [0, 0.05) is 12.1 Å². The molecule has 1 aliphatic rings. The Balaban J connectivity index is 0.00000162. The highest BCUT2D eigenvalue weighted by atomic mass is 35.5. The van der Waals surface area contributed by atoms with Crippen molar-refractivity contribution in [3.05, 3.63) is 11.9 Å². The maximum atomic E-state index is 12.2.